The Kier molecular flexibility index (Phi) is 6.16. The SMILES string of the molecule is CCCc1cnc(C)nc1NCC1CCC(C(=O)NC)CC1. The molecule has 2 rings (SSSR count). The standard InChI is InChI=1S/C17H28N4O/c1-4-5-15-11-19-12(2)21-16(15)20-10-13-6-8-14(9-7-13)17(22)18-3/h11,13-14H,4-10H2,1-3H3,(H,18,22)(H,19,20,21). The first-order valence-corrected chi connectivity index (χ1v) is 8.42. The van der Waals surface area contributed by atoms with E-state index in [1.165, 1.54) is 5.56 Å². The maximum atomic E-state index is 11.7. The molecule has 1 aliphatic rings. The van der Waals surface area contributed by atoms with Crippen molar-refractivity contribution in [3.8, 4) is 0 Å². The van der Waals surface area contributed by atoms with E-state index in [1.54, 1.807) is 7.05 Å². The Labute approximate surface area is 133 Å². The molecule has 1 aliphatic carbocycles. The molecule has 0 aliphatic heterocycles. The van der Waals surface area contributed by atoms with Crippen molar-refractivity contribution < 1.29 is 4.79 Å². The Balaban J connectivity index is 1.86. The number of carbonyl (C=O) groups excluding carboxylic acids is 1. The minimum absolute atomic E-state index is 0.197. The van der Waals surface area contributed by atoms with Crippen LogP contribution in [0.15, 0.2) is 6.20 Å². The van der Waals surface area contributed by atoms with Crippen LogP contribution in [0.3, 0.4) is 0 Å². The predicted molar refractivity (Wildman–Crippen MR) is 88.8 cm³/mol. The van der Waals surface area contributed by atoms with Crippen LogP contribution in [0.5, 0.6) is 0 Å². The van der Waals surface area contributed by atoms with E-state index in [9.17, 15) is 4.79 Å². The molecule has 5 nitrogen and oxygen atoms in total. The lowest BCUT2D eigenvalue weighted by molar-refractivity contribution is -0.125. The summed E-state index contributed by atoms with van der Waals surface area (Å²) in [5.74, 6) is 2.83. The van der Waals surface area contributed by atoms with E-state index in [2.05, 4.69) is 27.5 Å². The third kappa shape index (κ3) is 4.42. The lowest BCUT2D eigenvalue weighted by atomic mass is 9.81. The fourth-order valence-electron chi connectivity index (χ4n) is 3.17. The van der Waals surface area contributed by atoms with Gasteiger partial charge in [-0.15, -0.1) is 0 Å². The quantitative estimate of drug-likeness (QED) is 0.848. The maximum absolute atomic E-state index is 11.7. The number of hydrogen-bond acceptors (Lipinski definition) is 4. The highest BCUT2D eigenvalue weighted by atomic mass is 16.1. The second-order valence-electron chi connectivity index (χ2n) is 6.25. The number of amides is 1. The zero-order valence-corrected chi connectivity index (χ0v) is 14.0. The number of nitrogens with zero attached hydrogens (tertiary/aromatic N) is 2. The molecule has 0 saturated heterocycles. The summed E-state index contributed by atoms with van der Waals surface area (Å²) >= 11 is 0. The summed E-state index contributed by atoms with van der Waals surface area (Å²) < 4.78 is 0. The van der Waals surface area contributed by atoms with E-state index in [1.807, 2.05) is 13.1 Å². The monoisotopic (exact) mass is 304 g/mol. The largest absolute Gasteiger partial charge is 0.369 e. The van der Waals surface area contributed by atoms with Crippen molar-refractivity contribution in [2.24, 2.45) is 11.8 Å². The van der Waals surface area contributed by atoms with Gasteiger partial charge in [0.25, 0.3) is 0 Å². The van der Waals surface area contributed by atoms with E-state index >= 15 is 0 Å². The van der Waals surface area contributed by atoms with Crippen molar-refractivity contribution in [2.45, 2.75) is 52.4 Å². The molecule has 0 atom stereocenters. The number of carbonyl (C=O) groups is 1. The van der Waals surface area contributed by atoms with Crippen molar-refractivity contribution in [2.75, 3.05) is 18.9 Å². The van der Waals surface area contributed by atoms with E-state index in [0.717, 1.165) is 56.7 Å². The summed E-state index contributed by atoms with van der Waals surface area (Å²) in [7, 11) is 1.72. The predicted octanol–water partition coefficient (Wildman–Crippen LogP) is 2.70. The fourth-order valence-corrected chi connectivity index (χ4v) is 3.17. The molecule has 1 saturated carbocycles. The zero-order chi connectivity index (χ0) is 15.9. The molecule has 0 unspecified atom stereocenters. The normalized spacial score (nSPS) is 21.4. The van der Waals surface area contributed by atoms with E-state index in [0.29, 0.717) is 5.92 Å². The number of hydrogen-bond donors (Lipinski definition) is 2. The van der Waals surface area contributed by atoms with Gasteiger partial charge in [0, 0.05) is 31.3 Å². The van der Waals surface area contributed by atoms with Crippen molar-refractivity contribution in [3.63, 3.8) is 0 Å². The molecule has 2 N–H and O–H groups in total. The van der Waals surface area contributed by atoms with Gasteiger partial charge in [-0.1, -0.05) is 13.3 Å². The van der Waals surface area contributed by atoms with Crippen LogP contribution in [-0.2, 0) is 11.2 Å². The molecule has 1 amide bonds. The average Bonchev–Trinajstić information content (AvgIpc) is 2.55. The van der Waals surface area contributed by atoms with Gasteiger partial charge in [-0.05, 0) is 44.9 Å². The van der Waals surface area contributed by atoms with Gasteiger partial charge in [0.2, 0.25) is 5.91 Å². The van der Waals surface area contributed by atoms with Crippen LogP contribution in [0.4, 0.5) is 5.82 Å². The molecule has 0 bridgehead atoms. The summed E-state index contributed by atoms with van der Waals surface area (Å²) in [6.45, 7) is 5.03. The molecule has 1 aromatic heterocycles. The Bertz CT molecular complexity index is 495. The molecular weight excluding hydrogens is 276 g/mol. The number of anilines is 1. The summed E-state index contributed by atoms with van der Waals surface area (Å²) in [6, 6.07) is 0. The lowest BCUT2D eigenvalue weighted by Crippen LogP contribution is -2.32. The summed E-state index contributed by atoms with van der Waals surface area (Å²) in [5, 5.41) is 6.28. The van der Waals surface area contributed by atoms with Gasteiger partial charge in [0.15, 0.2) is 0 Å². The van der Waals surface area contributed by atoms with Crippen LogP contribution in [-0.4, -0.2) is 29.5 Å². The third-order valence-corrected chi connectivity index (χ3v) is 4.53. The number of nitrogens with one attached hydrogen (secondary N) is 2. The van der Waals surface area contributed by atoms with Crippen LogP contribution >= 0.6 is 0 Å². The molecule has 122 valence electrons. The lowest BCUT2D eigenvalue weighted by Gasteiger charge is -2.27. The number of aromatic nitrogens is 2. The molecule has 1 aromatic rings. The molecule has 0 radical (unpaired) electrons. The molecule has 5 heteroatoms. The van der Waals surface area contributed by atoms with Gasteiger partial charge < -0.3 is 10.6 Å². The van der Waals surface area contributed by atoms with Crippen LogP contribution < -0.4 is 10.6 Å². The van der Waals surface area contributed by atoms with E-state index in [4.69, 9.17) is 0 Å². The number of rotatable bonds is 6. The van der Waals surface area contributed by atoms with Gasteiger partial charge in [-0.3, -0.25) is 4.79 Å². The van der Waals surface area contributed by atoms with Crippen LogP contribution in [0.1, 0.15) is 50.4 Å². The van der Waals surface area contributed by atoms with Crippen LogP contribution in [0, 0.1) is 18.8 Å². The molecule has 0 spiro atoms. The Morgan fingerprint density at radius 2 is 2.05 bits per heavy atom. The second kappa shape index (κ2) is 8.11. The van der Waals surface area contributed by atoms with Crippen LogP contribution in [0.25, 0.3) is 0 Å². The zero-order valence-electron chi connectivity index (χ0n) is 14.0. The van der Waals surface area contributed by atoms with Gasteiger partial charge in [-0.25, -0.2) is 9.97 Å². The summed E-state index contributed by atoms with van der Waals surface area (Å²) in [4.78, 5) is 20.5. The van der Waals surface area contributed by atoms with E-state index in [-0.39, 0.29) is 11.8 Å². The highest BCUT2D eigenvalue weighted by Crippen LogP contribution is 2.29. The van der Waals surface area contributed by atoms with Gasteiger partial charge in [0.05, 0.1) is 0 Å². The van der Waals surface area contributed by atoms with Crippen LogP contribution in [0.2, 0.25) is 0 Å². The van der Waals surface area contributed by atoms with Crippen molar-refractivity contribution >= 4 is 11.7 Å². The maximum Gasteiger partial charge on any atom is 0.222 e. The smallest absolute Gasteiger partial charge is 0.222 e. The topological polar surface area (TPSA) is 66.9 Å². The fraction of sp³-hybridized carbons (Fsp3) is 0.706. The van der Waals surface area contributed by atoms with E-state index < -0.39 is 0 Å². The Hall–Kier alpha value is -1.65. The average molecular weight is 304 g/mol. The first kappa shape index (κ1) is 16.7. The summed E-state index contributed by atoms with van der Waals surface area (Å²) in [5.41, 5.74) is 1.20. The van der Waals surface area contributed by atoms with Gasteiger partial charge in [-0.2, -0.15) is 0 Å². The first-order chi connectivity index (χ1) is 10.6. The molecule has 1 fully saturated rings. The Morgan fingerprint density at radius 1 is 1.32 bits per heavy atom. The third-order valence-electron chi connectivity index (χ3n) is 4.53. The highest BCUT2D eigenvalue weighted by molar-refractivity contribution is 5.78. The van der Waals surface area contributed by atoms with Crippen molar-refractivity contribution in [3.05, 3.63) is 17.6 Å². The first-order valence-electron chi connectivity index (χ1n) is 8.42. The minimum Gasteiger partial charge on any atom is -0.369 e. The summed E-state index contributed by atoms with van der Waals surface area (Å²) in [6.07, 6.45) is 8.25. The van der Waals surface area contributed by atoms with Gasteiger partial charge in [0.1, 0.15) is 11.6 Å². The van der Waals surface area contributed by atoms with Gasteiger partial charge >= 0.3 is 0 Å². The molecule has 0 aromatic carbocycles. The van der Waals surface area contributed by atoms with Crippen molar-refractivity contribution in [1.82, 2.24) is 15.3 Å². The molecule has 22 heavy (non-hydrogen) atoms. The van der Waals surface area contributed by atoms with Crippen molar-refractivity contribution in [1.29, 1.82) is 0 Å². The molecular formula is C17H28N4O. The molecule has 1 heterocycles. The number of aryl methyl sites for hydroxylation is 2. The Morgan fingerprint density at radius 3 is 2.68 bits per heavy atom. The highest BCUT2D eigenvalue weighted by Gasteiger charge is 2.25. The second-order valence-corrected chi connectivity index (χ2v) is 6.25. The minimum atomic E-state index is 0.197.